The van der Waals surface area contributed by atoms with E-state index >= 15 is 0 Å². The van der Waals surface area contributed by atoms with Gasteiger partial charge in [-0.15, -0.1) is 11.8 Å². The maximum atomic E-state index is 13.8. The van der Waals surface area contributed by atoms with Crippen molar-refractivity contribution in [3.05, 3.63) is 71.8 Å². The Labute approximate surface area is 237 Å². The van der Waals surface area contributed by atoms with Crippen molar-refractivity contribution in [3.8, 4) is 0 Å². The zero-order valence-electron chi connectivity index (χ0n) is 23.6. The van der Waals surface area contributed by atoms with Crippen LogP contribution in [0, 0.1) is 0 Å². The molecule has 0 radical (unpaired) electrons. The van der Waals surface area contributed by atoms with E-state index in [2.05, 4.69) is 5.32 Å². The van der Waals surface area contributed by atoms with Crippen LogP contribution in [0.25, 0.3) is 0 Å². The van der Waals surface area contributed by atoms with Crippen LogP contribution in [0.15, 0.2) is 60.7 Å². The minimum absolute atomic E-state index is 0.0105. The number of hydrogen-bond donors (Lipinski definition) is 1. The third-order valence-corrected chi connectivity index (χ3v) is 7.71. The van der Waals surface area contributed by atoms with Crippen LogP contribution in [0.3, 0.4) is 0 Å². The van der Waals surface area contributed by atoms with Crippen molar-refractivity contribution in [2.45, 2.75) is 76.3 Å². The van der Waals surface area contributed by atoms with E-state index in [1.807, 2.05) is 88.4 Å². The highest BCUT2D eigenvalue weighted by Gasteiger charge is 2.36. The van der Waals surface area contributed by atoms with Crippen molar-refractivity contribution < 1.29 is 23.9 Å². The van der Waals surface area contributed by atoms with Gasteiger partial charge in [0.05, 0.1) is 12.6 Å². The fraction of sp³-hybridized carbons (Fsp3) is 0.516. The third kappa shape index (κ3) is 10.3. The summed E-state index contributed by atoms with van der Waals surface area (Å²) in [5.74, 6) is -0.543. The molecule has 1 amide bonds. The Morgan fingerprint density at radius 2 is 1.74 bits per heavy atom. The number of ether oxygens (including phenoxy) is 2. The second-order valence-corrected chi connectivity index (χ2v) is 12.1. The third-order valence-electron chi connectivity index (χ3n) is 6.37. The lowest BCUT2D eigenvalue weighted by molar-refractivity contribution is -0.159. The molecule has 3 atom stereocenters. The summed E-state index contributed by atoms with van der Waals surface area (Å²) in [6, 6.07) is 18.7. The van der Waals surface area contributed by atoms with Crippen molar-refractivity contribution in [2.75, 3.05) is 25.4 Å². The molecule has 1 N–H and O–H groups in total. The summed E-state index contributed by atoms with van der Waals surface area (Å²) in [5, 5.41) is 3.32. The van der Waals surface area contributed by atoms with E-state index in [0.29, 0.717) is 31.7 Å². The molecule has 8 heteroatoms. The van der Waals surface area contributed by atoms with Crippen LogP contribution < -0.4 is 5.32 Å². The molecule has 2 aromatic carbocycles. The average molecular weight is 555 g/mol. The summed E-state index contributed by atoms with van der Waals surface area (Å²) in [5.41, 5.74) is 1.55. The SMILES string of the molecule is CCCCOC(=O)C(CCc1ccccc1)NC1CSC(c2ccccc2)CN(CC(=O)OC(C)(C)C)C1=O. The number of hydrogen-bond acceptors (Lipinski definition) is 7. The van der Waals surface area contributed by atoms with Gasteiger partial charge in [0.1, 0.15) is 18.2 Å². The van der Waals surface area contributed by atoms with Crippen LogP contribution in [0.1, 0.15) is 63.3 Å². The number of amides is 1. The average Bonchev–Trinajstić information content (AvgIpc) is 3.05. The first kappa shape index (κ1) is 30.7. The molecule has 2 aromatic rings. The van der Waals surface area contributed by atoms with E-state index in [-0.39, 0.29) is 23.7 Å². The highest BCUT2D eigenvalue weighted by atomic mass is 32.2. The zero-order chi connectivity index (χ0) is 28.3. The van der Waals surface area contributed by atoms with Gasteiger partial charge in [0.25, 0.3) is 0 Å². The van der Waals surface area contributed by atoms with Crippen molar-refractivity contribution in [1.82, 2.24) is 10.2 Å². The summed E-state index contributed by atoms with van der Waals surface area (Å²) < 4.78 is 11.1. The summed E-state index contributed by atoms with van der Waals surface area (Å²) in [6.45, 7) is 8.06. The van der Waals surface area contributed by atoms with Gasteiger partial charge in [-0.05, 0) is 51.2 Å². The minimum atomic E-state index is -0.651. The standard InChI is InChI=1S/C31H42N2O5S/c1-5-6-19-37-30(36)25(18-17-23-13-9-7-10-14-23)32-26-22-39-27(24-15-11-8-12-16-24)20-33(29(26)35)21-28(34)38-31(2,3)4/h7-16,25-27,32H,5-6,17-22H2,1-4H3. The molecule has 0 spiro atoms. The molecule has 3 rings (SSSR count). The number of aryl methyl sites for hydroxylation is 1. The summed E-state index contributed by atoms with van der Waals surface area (Å²) in [4.78, 5) is 41.2. The number of carbonyl (C=O) groups excluding carboxylic acids is 3. The molecule has 3 unspecified atom stereocenters. The number of rotatable bonds is 12. The van der Waals surface area contributed by atoms with Gasteiger partial charge in [0, 0.05) is 17.5 Å². The zero-order valence-corrected chi connectivity index (χ0v) is 24.4. The lowest BCUT2D eigenvalue weighted by Gasteiger charge is -2.28. The molecule has 1 heterocycles. The van der Waals surface area contributed by atoms with E-state index in [4.69, 9.17) is 9.47 Å². The van der Waals surface area contributed by atoms with Gasteiger partial charge in [-0.3, -0.25) is 19.7 Å². The van der Waals surface area contributed by atoms with E-state index in [9.17, 15) is 14.4 Å². The van der Waals surface area contributed by atoms with Crippen LogP contribution >= 0.6 is 11.8 Å². The first-order valence-electron chi connectivity index (χ1n) is 13.8. The van der Waals surface area contributed by atoms with Crippen LogP contribution in [0.5, 0.6) is 0 Å². The van der Waals surface area contributed by atoms with Gasteiger partial charge in [-0.25, -0.2) is 0 Å². The molecule has 1 fully saturated rings. The fourth-order valence-corrected chi connectivity index (χ4v) is 5.69. The Morgan fingerprint density at radius 1 is 1.08 bits per heavy atom. The Kier molecular flexibility index (Phi) is 11.9. The fourth-order valence-electron chi connectivity index (χ4n) is 4.39. The maximum absolute atomic E-state index is 13.8. The Hall–Kier alpha value is -2.84. The van der Waals surface area contributed by atoms with Gasteiger partial charge in [0.2, 0.25) is 5.91 Å². The van der Waals surface area contributed by atoms with E-state index in [1.165, 1.54) is 0 Å². The number of esters is 2. The molecule has 0 saturated carbocycles. The molecule has 1 saturated heterocycles. The Morgan fingerprint density at radius 3 is 2.38 bits per heavy atom. The summed E-state index contributed by atoms with van der Waals surface area (Å²) >= 11 is 1.65. The lowest BCUT2D eigenvalue weighted by Crippen LogP contribution is -2.54. The first-order chi connectivity index (χ1) is 18.7. The second-order valence-electron chi connectivity index (χ2n) is 10.9. The monoisotopic (exact) mass is 554 g/mol. The van der Waals surface area contributed by atoms with Crippen molar-refractivity contribution in [3.63, 3.8) is 0 Å². The number of thioether (sulfide) groups is 1. The topological polar surface area (TPSA) is 84.9 Å². The predicted molar refractivity (Wildman–Crippen MR) is 155 cm³/mol. The van der Waals surface area contributed by atoms with Gasteiger partial charge < -0.3 is 14.4 Å². The van der Waals surface area contributed by atoms with Crippen molar-refractivity contribution in [2.24, 2.45) is 0 Å². The van der Waals surface area contributed by atoms with E-state index in [1.54, 1.807) is 16.7 Å². The molecule has 0 aliphatic carbocycles. The Balaban J connectivity index is 1.80. The molecule has 39 heavy (non-hydrogen) atoms. The molecular weight excluding hydrogens is 512 g/mol. The van der Waals surface area contributed by atoms with E-state index in [0.717, 1.165) is 24.0 Å². The summed E-state index contributed by atoms with van der Waals surface area (Å²) in [6.07, 6.45) is 2.88. The molecule has 7 nitrogen and oxygen atoms in total. The van der Waals surface area contributed by atoms with E-state index < -0.39 is 23.7 Å². The van der Waals surface area contributed by atoms with Crippen LogP contribution in [-0.4, -0.2) is 65.9 Å². The molecule has 0 aromatic heterocycles. The van der Waals surface area contributed by atoms with Crippen LogP contribution in [0.2, 0.25) is 0 Å². The number of nitrogens with zero attached hydrogens (tertiary/aromatic N) is 1. The molecule has 212 valence electrons. The lowest BCUT2D eigenvalue weighted by atomic mass is 10.0. The first-order valence-corrected chi connectivity index (χ1v) is 14.8. The molecule has 0 bridgehead atoms. The number of carbonyl (C=O) groups is 3. The second kappa shape index (κ2) is 15.1. The van der Waals surface area contributed by atoms with Crippen LogP contribution in [0.4, 0.5) is 0 Å². The normalized spacial score (nSPS) is 18.8. The Bertz CT molecular complexity index is 1060. The predicted octanol–water partition coefficient (Wildman–Crippen LogP) is 4.95. The number of unbranched alkanes of at least 4 members (excludes halogenated alkanes) is 1. The largest absolute Gasteiger partial charge is 0.465 e. The van der Waals surface area contributed by atoms with Gasteiger partial charge >= 0.3 is 11.9 Å². The quantitative estimate of drug-likeness (QED) is 0.294. The molecule has 1 aliphatic rings. The number of nitrogens with one attached hydrogen (secondary N) is 1. The van der Waals surface area contributed by atoms with Gasteiger partial charge in [0.15, 0.2) is 0 Å². The highest BCUT2D eigenvalue weighted by Crippen LogP contribution is 2.33. The van der Waals surface area contributed by atoms with Crippen LogP contribution in [-0.2, 0) is 30.3 Å². The van der Waals surface area contributed by atoms with Crippen molar-refractivity contribution >= 4 is 29.6 Å². The smallest absolute Gasteiger partial charge is 0.326 e. The highest BCUT2D eigenvalue weighted by molar-refractivity contribution is 7.99. The minimum Gasteiger partial charge on any atom is -0.465 e. The van der Waals surface area contributed by atoms with Gasteiger partial charge in [-0.2, -0.15) is 0 Å². The summed E-state index contributed by atoms with van der Waals surface area (Å²) in [7, 11) is 0. The van der Waals surface area contributed by atoms with Crippen molar-refractivity contribution in [1.29, 1.82) is 0 Å². The molecular formula is C31H42N2O5S. The number of benzene rings is 2. The molecule has 1 aliphatic heterocycles. The van der Waals surface area contributed by atoms with Gasteiger partial charge in [-0.1, -0.05) is 74.0 Å². The maximum Gasteiger partial charge on any atom is 0.326 e.